The van der Waals surface area contributed by atoms with E-state index in [2.05, 4.69) is 10.6 Å². The fourth-order valence-electron chi connectivity index (χ4n) is 2.47. The minimum Gasteiger partial charge on any atom is -0.385 e. The SMILES string of the molecule is O=C(Nc1ccc(NCCc2ccc(F)cc2)cc1)c1ccccc1. The van der Waals surface area contributed by atoms with Crippen molar-refractivity contribution < 1.29 is 9.18 Å². The van der Waals surface area contributed by atoms with E-state index in [0.29, 0.717) is 5.56 Å². The fourth-order valence-corrected chi connectivity index (χ4v) is 2.47. The second-order valence-corrected chi connectivity index (χ2v) is 5.70. The van der Waals surface area contributed by atoms with Gasteiger partial charge in [-0.3, -0.25) is 4.79 Å². The lowest BCUT2D eigenvalue weighted by Crippen LogP contribution is -2.11. The Labute approximate surface area is 146 Å². The van der Waals surface area contributed by atoms with Gasteiger partial charge in [-0.1, -0.05) is 30.3 Å². The van der Waals surface area contributed by atoms with Crippen molar-refractivity contribution in [2.75, 3.05) is 17.2 Å². The molecule has 0 aliphatic heterocycles. The highest BCUT2D eigenvalue weighted by atomic mass is 19.1. The first-order valence-electron chi connectivity index (χ1n) is 8.15. The predicted octanol–water partition coefficient (Wildman–Crippen LogP) is 4.73. The van der Waals surface area contributed by atoms with Gasteiger partial charge in [-0.15, -0.1) is 0 Å². The second kappa shape index (κ2) is 8.11. The van der Waals surface area contributed by atoms with Gasteiger partial charge in [0, 0.05) is 23.5 Å². The predicted molar refractivity (Wildman–Crippen MR) is 99.4 cm³/mol. The number of amides is 1. The van der Waals surface area contributed by atoms with Crippen LogP contribution in [0.15, 0.2) is 78.9 Å². The van der Waals surface area contributed by atoms with E-state index in [-0.39, 0.29) is 11.7 Å². The number of rotatable bonds is 6. The van der Waals surface area contributed by atoms with Gasteiger partial charge < -0.3 is 10.6 Å². The van der Waals surface area contributed by atoms with Crippen LogP contribution >= 0.6 is 0 Å². The third-order valence-electron chi connectivity index (χ3n) is 3.83. The summed E-state index contributed by atoms with van der Waals surface area (Å²) in [5.41, 5.74) is 3.43. The van der Waals surface area contributed by atoms with Gasteiger partial charge >= 0.3 is 0 Å². The lowest BCUT2D eigenvalue weighted by atomic mass is 10.1. The highest BCUT2D eigenvalue weighted by molar-refractivity contribution is 6.04. The molecule has 4 heteroatoms. The van der Waals surface area contributed by atoms with Crippen molar-refractivity contribution in [2.24, 2.45) is 0 Å². The van der Waals surface area contributed by atoms with E-state index in [4.69, 9.17) is 0 Å². The van der Waals surface area contributed by atoms with Crippen LogP contribution in [0.4, 0.5) is 15.8 Å². The number of nitrogens with one attached hydrogen (secondary N) is 2. The molecule has 0 bridgehead atoms. The summed E-state index contributed by atoms with van der Waals surface area (Å²) in [6.45, 7) is 0.751. The van der Waals surface area contributed by atoms with Crippen molar-refractivity contribution in [3.05, 3.63) is 95.8 Å². The van der Waals surface area contributed by atoms with E-state index in [1.54, 1.807) is 24.3 Å². The smallest absolute Gasteiger partial charge is 0.255 e. The van der Waals surface area contributed by atoms with Gasteiger partial charge in [-0.05, 0) is 60.5 Å². The lowest BCUT2D eigenvalue weighted by molar-refractivity contribution is 0.102. The van der Waals surface area contributed by atoms with Crippen LogP contribution in [0, 0.1) is 5.82 Å². The summed E-state index contributed by atoms with van der Waals surface area (Å²) in [4.78, 5) is 12.1. The van der Waals surface area contributed by atoms with Crippen LogP contribution in [0.25, 0.3) is 0 Å². The molecular formula is C21H19FN2O. The number of carbonyl (C=O) groups is 1. The number of anilines is 2. The molecule has 3 aromatic carbocycles. The Morgan fingerprint density at radius 3 is 2.12 bits per heavy atom. The van der Waals surface area contributed by atoms with Crippen LogP contribution in [0.1, 0.15) is 15.9 Å². The number of halogens is 1. The Balaban J connectivity index is 1.50. The first kappa shape index (κ1) is 16.7. The molecule has 3 rings (SSSR count). The summed E-state index contributed by atoms with van der Waals surface area (Å²) in [6, 6.07) is 23.2. The van der Waals surface area contributed by atoms with Crippen LogP contribution in [-0.4, -0.2) is 12.5 Å². The van der Waals surface area contributed by atoms with Gasteiger partial charge in [-0.25, -0.2) is 4.39 Å². The standard InChI is InChI=1S/C21H19FN2O/c22-18-8-6-16(7-9-18)14-15-23-19-10-12-20(13-11-19)24-21(25)17-4-2-1-3-5-17/h1-13,23H,14-15H2,(H,24,25). The maximum absolute atomic E-state index is 12.9. The summed E-state index contributed by atoms with van der Waals surface area (Å²) in [5, 5.41) is 6.18. The number of carbonyl (C=O) groups excluding carboxylic acids is 1. The van der Waals surface area contributed by atoms with E-state index in [1.807, 2.05) is 42.5 Å². The van der Waals surface area contributed by atoms with E-state index in [9.17, 15) is 9.18 Å². The third-order valence-corrected chi connectivity index (χ3v) is 3.83. The Kier molecular flexibility index (Phi) is 5.42. The highest BCUT2D eigenvalue weighted by Gasteiger charge is 2.04. The number of hydrogen-bond donors (Lipinski definition) is 2. The molecule has 3 aromatic rings. The molecule has 0 saturated carbocycles. The number of benzene rings is 3. The third kappa shape index (κ3) is 4.91. The van der Waals surface area contributed by atoms with Crippen LogP contribution < -0.4 is 10.6 Å². The molecule has 25 heavy (non-hydrogen) atoms. The molecule has 126 valence electrons. The molecule has 0 saturated heterocycles. The molecule has 1 amide bonds. The molecule has 0 aromatic heterocycles. The van der Waals surface area contributed by atoms with Gasteiger partial charge in [-0.2, -0.15) is 0 Å². The summed E-state index contributed by atoms with van der Waals surface area (Å²) in [6.07, 6.45) is 0.812. The topological polar surface area (TPSA) is 41.1 Å². The van der Waals surface area contributed by atoms with E-state index in [0.717, 1.165) is 29.9 Å². The van der Waals surface area contributed by atoms with Gasteiger partial charge in [0.05, 0.1) is 0 Å². The average Bonchev–Trinajstić information content (AvgIpc) is 2.65. The Hall–Kier alpha value is -3.14. The molecule has 0 unspecified atom stereocenters. The van der Waals surface area contributed by atoms with Crippen LogP contribution in [0.5, 0.6) is 0 Å². The number of hydrogen-bond acceptors (Lipinski definition) is 2. The van der Waals surface area contributed by atoms with E-state index < -0.39 is 0 Å². The van der Waals surface area contributed by atoms with E-state index in [1.165, 1.54) is 12.1 Å². The van der Waals surface area contributed by atoms with E-state index >= 15 is 0 Å². The highest BCUT2D eigenvalue weighted by Crippen LogP contribution is 2.15. The summed E-state index contributed by atoms with van der Waals surface area (Å²) in [5.74, 6) is -0.345. The van der Waals surface area contributed by atoms with Crippen LogP contribution in [0.2, 0.25) is 0 Å². The van der Waals surface area contributed by atoms with Crippen LogP contribution in [-0.2, 0) is 6.42 Å². The maximum atomic E-state index is 12.9. The van der Waals surface area contributed by atoms with Gasteiger partial charge in [0.2, 0.25) is 0 Å². The molecule has 0 radical (unpaired) electrons. The summed E-state index contributed by atoms with van der Waals surface area (Å²) >= 11 is 0. The summed E-state index contributed by atoms with van der Waals surface area (Å²) in [7, 11) is 0. The monoisotopic (exact) mass is 334 g/mol. The summed E-state index contributed by atoms with van der Waals surface area (Å²) < 4.78 is 12.9. The van der Waals surface area contributed by atoms with Crippen molar-refractivity contribution in [3.8, 4) is 0 Å². The van der Waals surface area contributed by atoms with Crippen molar-refractivity contribution in [1.29, 1.82) is 0 Å². The quantitative estimate of drug-likeness (QED) is 0.684. The Morgan fingerprint density at radius 2 is 1.44 bits per heavy atom. The molecule has 0 atom stereocenters. The van der Waals surface area contributed by atoms with Gasteiger partial charge in [0.1, 0.15) is 5.82 Å². The average molecular weight is 334 g/mol. The first-order chi connectivity index (χ1) is 12.2. The van der Waals surface area contributed by atoms with Gasteiger partial charge in [0.15, 0.2) is 0 Å². The normalized spacial score (nSPS) is 10.3. The van der Waals surface area contributed by atoms with Gasteiger partial charge in [0.25, 0.3) is 5.91 Å². The van der Waals surface area contributed by atoms with Crippen molar-refractivity contribution >= 4 is 17.3 Å². The fraction of sp³-hybridized carbons (Fsp3) is 0.0952. The lowest BCUT2D eigenvalue weighted by Gasteiger charge is -2.09. The molecule has 0 heterocycles. The zero-order chi connectivity index (χ0) is 17.5. The Morgan fingerprint density at radius 1 is 0.800 bits per heavy atom. The van der Waals surface area contributed by atoms with Crippen molar-refractivity contribution in [1.82, 2.24) is 0 Å². The molecular weight excluding hydrogens is 315 g/mol. The molecule has 2 N–H and O–H groups in total. The minimum atomic E-state index is -0.218. The largest absolute Gasteiger partial charge is 0.385 e. The van der Waals surface area contributed by atoms with Crippen molar-refractivity contribution in [2.45, 2.75) is 6.42 Å². The van der Waals surface area contributed by atoms with Crippen molar-refractivity contribution in [3.63, 3.8) is 0 Å². The first-order valence-corrected chi connectivity index (χ1v) is 8.15. The zero-order valence-corrected chi connectivity index (χ0v) is 13.7. The molecule has 0 spiro atoms. The molecule has 0 fully saturated rings. The molecule has 3 nitrogen and oxygen atoms in total. The molecule has 0 aliphatic carbocycles. The Bertz CT molecular complexity index is 815. The maximum Gasteiger partial charge on any atom is 0.255 e. The molecule has 0 aliphatic rings. The minimum absolute atomic E-state index is 0.127. The van der Waals surface area contributed by atoms with Crippen LogP contribution in [0.3, 0.4) is 0 Å². The zero-order valence-electron chi connectivity index (χ0n) is 13.7. The second-order valence-electron chi connectivity index (χ2n) is 5.70.